The van der Waals surface area contributed by atoms with Crippen LogP contribution in [0.1, 0.15) is 11.3 Å². The van der Waals surface area contributed by atoms with Crippen molar-refractivity contribution in [2.24, 2.45) is 0 Å². The van der Waals surface area contributed by atoms with Gasteiger partial charge in [0.25, 0.3) is 5.56 Å². The van der Waals surface area contributed by atoms with E-state index >= 15 is 0 Å². The summed E-state index contributed by atoms with van der Waals surface area (Å²) in [5, 5.41) is 0. The number of aromatic amines is 1. The van der Waals surface area contributed by atoms with Crippen LogP contribution in [-0.4, -0.2) is 9.97 Å². The molecule has 0 amide bonds. The first kappa shape index (κ1) is 13.8. The molecule has 1 N–H and O–H groups in total. The zero-order chi connectivity index (χ0) is 14.2. The van der Waals surface area contributed by atoms with Gasteiger partial charge in [0.2, 0.25) is 0 Å². The van der Waals surface area contributed by atoms with Crippen LogP contribution in [0.25, 0.3) is 11.4 Å². The lowest BCUT2D eigenvalue weighted by Crippen LogP contribution is -2.12. The fraction of sp³-hybridized carbons (Fsp3) is 0.167. The number of rotatable bonds is 1. The average molecular weight is 333 g/mol. The number of benzene rings is 1. The molecule has 0 unspecified atom stereocenters. The van der Waals surface area contributed by atoms with Crippen molar-refractivity contribution in [3.63, 3.8) is 0 Å². The van der Waals surface area contributed by atoms with Crippen LogP contribution in [0.4, 0.5) is 13.2 Å². The van der Waals surface area contributed by atoms with Crippen molar-refractivity contribution in [3.8, 4) is 11.4 Å². The van der Waals surface area contributed by atoms with Gasteiger partial charge in [-0.1, -0.05) is 12.1 Å². The lowest BCUT2D eigenvalue weighted by Gasteiger charge is -2.08. The maximum absolute atomic E-state index is 12.4. The van der Waals surface area contributed by atoms with Gasteiger partial charge in [-0.3, -0.25) is 4.79 Å². The van der Waals surface area contributed by atoms with Crippen LogP contribution in [0.3, 0.4) is 0 Å². The first-order valence-corrected chi connectivity index (χ1v) is 6.02. The Kier molecular flexibility index (Phi) is 3.49. The van der Waals surface area contributed by atoms with Crippen LogP contribution >= 0.6 is 15.9 Å². The standard InChI is InChI=1S/C12H8BrF3N2O/c1-6-9(13)11(19)18-10(17-6)7-2-4-8(5-3-7)12(14,15)16/h2-5H,1H3,(H,17,18,19). The molecule has 0 saturated carbocycles. The van der Waals surface area contributed by atoms with Crippen LogP contribution in [0.2, 0.25) is 0 Å². The number of hydrogen-bond donors (Lipinski definition) is 1. The molecule has 0 fully saturated rings. The molecule has 1 aromatic carbocycles. The van der Waals surface area contributed by atoms with E-state index < -0.39 is 11.7 Å². The summed E-state index contributed by atoms with van der Waals surface area (Å²) < 4.78 is 37.6. The number of alkyl halides is 3. The van der Waals surface area contributed by atoms with Crippen molar-refractivity contribution in [2.45, 2.75) is 13.1 Å². The second-order valence-corrected chi connectivity index (χ2v) is 4.68. The van der Waals surface area contributed by atoms with E-state index in [0.717, 1.165) is 12.1 Å². The van der Waals surface area contributed by atoms with E-state index in [-0.39, 0.29) is 11.4 Å². The molecule has 2 aromatic rings. The van der Waals surface area contributed by atoms with Crippen molar-refractivity contribution >= 4 is 15.9 Å². The van der Waals surface area contributed by atoms with Gasteiger partial charge >= 0.3 is 6.18 Å². The van der Waals surface area contributed by atoms with E-state index in [1.54, 1.807) is 6.92 Å². The Balaban J connectivity index is 2.46. The van der Waals surface area contributed by atoms with Gasteiger partial charge in [-0.15, -0.1) is 0 Å². The van der Waals surface area contributed by atoms with E-state index in [9.17, 15) is 18.0 Å². The maximum Gasteiger partial charge on any atom is 0.416 e. The number of H-pyrrole nitrogens is 1. The lowest BCUT2D eigenvalue weighted by atomic mass is 10.1. The largest absolute Gasteiger partial charge is 0.416 e. The van der Waals surface area contributed by atoms with Gasteiger partial charge < -0.3 is 4.98 Å². The third-order valence-corrected chi connectivity index (χ3v) is 3.45. The third kappa shape index (κ3) is 2.86. The quantitative estimate of drug-likeness (QED) is 0.868. The minimum atomic E-state index is -4.38. The van der Waals surface area contributed by atoms with Crippen molar-refractivity contribution in [1.29, 1.82) is 0 Å². The first-order valence-electron chi connectivity index (χ1n) is 5.23. The number of halogens is 4. The molecule has 19 heavy (non-hydrogen) atoms. The van der Waals surface area contributed by atoms with Crippen LogP contribution in [-0.2, 0) is 6.18 Å². The Labute approximate surface area is 114 Å². The summed E-state index contributed by atoms with van der Waals surface area (Å²) in [6.07, 6.45) is -4.38. The summed E-state index contributed by atoms with van der Waals surface area (Å²) in [5.41, 5.74) is -0.228. The van der Waals surface area contributed by atoms with E-state index in [2.05, 4.69) is 25.9 Å². The van der Waals surface area contributed by atoms with Gasteiger partial charge in [-0.25, -0.2) is 4.98 Å². The number of aromatic nitrogens is 2. The Morgan fingerprint density at radius 1 is 1.21 bits per heavy atom. The molecule has 1 aromatic heterocycles. The van der Waals surface area contributed by atoms with Crippen molar-refractivity contribution in [2.75, 3.05) is 0 Å². The Hall–Kier alpha value is -1.63. The number of nitrogens with one attached hydrogen (secondary N) is 1. The van der Waals surface area contributed by atoms with E-state index in [4.69, 9.17) is 0 Å². The fourth-order valence-electron chi connectivity index (χ4n) is 1.53. The normalized spacial score (nSPS) is 11.6. The molecule has 0 atom stereocenters. The third-order valence-electron chi connectivity index (χ3n) is 2.51. The molecule has 0 bridgehead atoms. The number of nitrogens with zero attached hydrogens (tertiary/aromatic N) is 1. The second kappa shape index (κ2) is 4.80. The van der Waals surface area contributed by atoms with Gasteiger partial charge in [0.05, 0.1) is 11.3 Å². The first-order chi connectivity index (χ1) is 8.79. The second-order valence-electron chi connectivity index (χ2n) is 3.89. The van der Waals surface area contributed by atoms with E-state index in [1.165, 1.54) is 12.1 Å². The van der Waals surface area contributed by atoms with Crippen molar-refractivity contribution in [1.82, 2.24) is 9.97 Å². The average Bonchev–Trinajstić information content (AvgIpc) is 2.34. The lowest BCUT2D eigenvalue weighted by molar-refractivity contribution is -0.137. The van der Waals surface area contributed by atoms with Gasteiger partial charge in [0.15, 0.2) is 0 Å². The summed E-state index contributed by atoms with van der Waals surface area (Å²) in [6, 6.07) is 4.45. The predicted octanol–water partition coefficient (Wildman–Crippen LogP) is 3.53. The summed E-state index contributed by atoms with van der Waals surface area (Å²) in [5.74, 6) is 0.236. The highest BCUT2D eigenvalue weighted by molar-refractivity contribution is 9.10. The van der Waals surface area contributed by atoms with Crippen molar-refractivity contribution in [3.05, 3.63) is 50.3 Å². The van der Waals surface area contributed by atoms with Gasteiger partial charge in [0.1, 0.15) is 10.3 Å². The van der Waals surface area contributed by atoms with Crippen LogP contribution in [0.5, 0.6) is 0 Å². The monoisotopic (exact) mass is 332 g/mol. The highest BCUT2D eigenvalue weighted by Crippen LogP contribution is 2.30. The zero-order valence-corrected chi connectivity index (χ0v) is 11.3. The molecule has 0 aliphatic heterocycles. The van der Waals surface area contributed by atoms with E-state index in [1.807, 2.05) is 0 Å². The SMILES string of the molecule is Cc1nc(-c2ccc(C(F)(F)F)cc2)[nH]c(=O)c1Br. The zero-order valence-electron chi connectivity index (χ0n) is 9.68. The predicted molar refractivity (Wildman–Crippen MR) is 67.7 cm³/mol. The molecule has 0 radical (unpaired) electrons. The summed E-state index contributed by atoms with van der Waals surface area (Å²) in [4.78, 5) is 18.1. The Morgan fingerprint density at radius 2 is 1.79 bits per heavy atom. The molecular formula is C12H8BrF3N2O. The Morgan fingerprint density at radius 3 is 2.26 bits per heavy atom. The molecule has 1 heterocycles. The molecule has 0 aliphatic carbocycles. The molecule has 7 heteroatoms. The van der Waals surface area contributed by atoms with Crippen LogP contribution < -0.4 is 5.56 Å². The maximum atomic E-state index is 12.4. The van der Waals surface area contributed by atoms with Gasteiger partial charge in [-0.2, -0.15) is 13.2 Å². The minimum absolute atomic E-state index is 0.236. The summed E-state index contributed by atoms with van der Waals surface area (Å²) >= 11 is 3.07. The highest BCUT2D eigenvalue weighted by Gasteiger charge is 2.30. The van der Waals surface area contributed by atoms with E-state index in [0.29, 0.717) is 15.7 Å². The molecule has 2 rings (SSSR count). The fourth-order valence-corrected chi connectivity index (χ4v) is 1.71. The topological polar surface area (TPSA) is 45.8 Å². The molecule has 3 nitrogen and oxygen atoms in total. The van der Waals surface area contributed by atoms with Crippen LogP contribution in [0, 0.1) is 6.92 Å². The smallest absolute Gasteiger partial charge is 0.306 e. The molecule has 0 aliphatic rings. The molecule has 0 saturated heterocycles. The highest BCUT2D eigenvalue weighted by atomic mass is 79.9. The van der Waals surface area contributed by atoms with Gasteiger partial charge in [0, 0.05) is 5.56 Å². The summed E-state index contributed by atoms with van der Waals surface area (Å²) in [7, 11) is 0. The number of hydrogen-bond acceptors (Lipinski definition) is 2. The molecule has 0 spiro atoms. The molecule has 100 valence electrons. The van der Waals surface area contributed by atoms with Crippen LogP contribution in [0.15, 0.2) is 33.5 Å². The summed E-state index contributed by atoms with van der Waals surface area (Å²) in [6.45, 7) is 1.63. The molecular weight excluding hydrogens is 325 g/mol. The Bertz CT molecular complexity index is 662. The minimum Gasteiger partial charge on any atom is -0.306 e. The number of aryl methyl sites for hydroxylation is 1. The van der Waals surface area contributed by atoms with Crippen molar-refractivity contribution < 1.29 is 13.2 Å². The van der Waals surface area contributed by atoms with Gasteiger partial charge in [-0.05, 0) is 35.0 Å².